The predicted octanol–water partition coefficient (Wildman–Crippen LogP) is 2.62. The molecule has 2 heterocycles. The standard InChI is InChI=1S/C18H17BrFN7O/c1-10-15(19)16(25-24-10)18(28)23-8-2-3-14-13(9-21)17(22)27(26-14)12-6-4-11(20)5-7-12/h4-7H,2-3,8,22H2,1H3,(H,23,28)(H,24,25). The van der Waals surface area contributed by atoms with Crippen LogP contribution in [0, 0.1) is 24.1 Å². The van der Waals surface area contributed by atoms with Gasteiger partial charge in [0.1, 0.15) is 23.3 Å². The minimum absolute atomic E-state index is 0.198. The van der Waals surface area contributed by atoms with Crippen molar-refractivity contribution in [1.29, 1.82) is 5.26 Å². The second-order valence-electron chi connectivity index (χ2n) is 6.08. The van der Waals surface area contributed by atoms with Crippen LogP contribution in [0.15, 0.2) is 28.7 Å². The van der Waals surface area contributed by atoms with Crippen LogP contribution in [0.5, 0.6) is 0 Å². The second kappa shape index (κ2) is 8.22. The van der Waals surface area contributed by atoms with Crippen molar-refractivity contribution in [2.24, 2.45) is 0 Å². The Kier molecular flexibility index (Phi) is 5.75. The number of aryl methyl sites for hydroxylation is 2. The molecule has 144 valence electrons. The smallest absolute Gasteiger partial charge is 0.272 e. The fraction of sp³-hybridized carbons (Fsp3) is 0.222. The summed E-state index contributed by atoms with van der Waals surface area (Å²) in [6, 6.07) is 7.73. The summed E-state index contributed by atoms with van der Waals surface area (Å²) in [7, 11) is 0. The third kappa shape index (κ3) is 3.89. The minimum atomic E-state index is -0.371. The van der Waals surface area contributed by atoms with E-state index < -0.39 is 0 Å². The average Bonchev–Trinajstić information content (AvgIpc) is 3.18. The molecule has 10 heteroatoms. The number of nitrogens with one attached hydrogen (secondary N) is 2. The minimum Gasteiger partial charge on any atom is -0.382 e. The Morgan fingerprint density at radius 2 is 2.14 bits per heavy atom. The van der Waals surface area contributed by atoms with Crippen molar-refractivity contribution in [1.82, 2.24) is 25.3 Å². The van der Waals surface area contributed by atoms with E-state index in [1.165, 1.54) is 28.9 Å². The lowest BCUT2D eigenvalue weighted by Gasteiger charge is -2.03. The number of nitrogens with two attached hydrogens (primary N) is 1. The number of rotatable bonds is 6. The number of amides is 1. The van der Waals surface area contributed by atoms with Crippen LogP contribution in [0.2, 0.25) is 0 Å². The van der Waals surface area contributed by atoms with Crippen LogP contribution < -0.4 is 11.1 Å². The van der Waals surface area contributed by atoms with Gasteiger partial charge in [0.05, 0.1) is 15.9 Å². The maximum Gasteiger partial charge on any atom is 0.272 e. The quantitative estimate of drug-likeness (QED) is 0.502. The highest BCUT2D eigenvalue weighted by Crippen LogP contribution is 2.22. The highest BCUT2D eigenvalue weighted by Gasteiger charge is 2.18. The van der Waals surface area contributed by atoms with Gasteiger partial charge >= 0.3 is 0 Å². The van der Waals surface area contributed by atoms with Gasteiger partial charge in [-0.25, -0.2) is 9.07 Å². The lowest BCUT2D eigenvalue weighted by atomic mass is 10.1. The number of carbonyl (C=O) groups is 1. The normalized spacial score (nSPS) is 10.6. The van der Waals surface area contributed by atoms with Gasteiger partial charge in [-0.1, -0.05) is 0 Å². The van der Waals surface area contributed by atoms with Crippen molar-refractivity contribution in [3.63, 3.8) is 0 Å². The molecular formula is C18H17BrFN7O. The monoisotopic (exact) mass is 445 g/mol. The second-order valence-corrected chi connectivity index (χ2v) is 6.87. The van der Waals surface area contributed by atoms with Crippen molar-refractivity contribution >= 4 is 27.7 Å². The molecule has 3 rings (SSSR count). The van der Waals surface area contributed by atoms with Crippen LogP contribution in [-0.4, -0.2) is 32.4 Å². The van der Waals surface area contributed by atoms with Crippen LogP contribution in [0.3, 0.4) is 0 Å². The van der Waals surface area contributed by atoms with Gasteiger partial charge < -0.3 is 11.1 Å². The van der Waals surface area contributed by atoms with Gasteiger partial charge in [-0.2, -0.15) is 15.5 Å². The molecule has 0 unspecified atom stereocenters. The molecule has 0 aliphatic rings. The molecule has 0 spiro atoms. The van der Waals surface area contributed by atoms with Gasteiger partial charge in [0.15, 0.2) is 5.69 Å². The van der Waals surface area contributed by atoms with Crippen molar-refractivity contribution in [2.45, 2.75) is 19.8 Å². The zero-order valence-corrected chi connectivity index (χ0v) is 16.5. The molecule has 0 aliphatic carbocycles. The predicted molar refractivity (Wildman–Crippen MR) is 104 cm³/mol. The SMILES string of the molecule is Cc1[nH]nc(C(=O)NCCCc2nn(-c3ccc(F)cc3)c(N)c2C#N)c1Br. The first-order valence-corrected chi connectivity index (χ1v) is 9.23. The fourth-order valence-electron chi connectivity index (χ4n) is 2.66. The van der Waals surface area contributed by atoms with E-state index in [4.69, 9.17) is 5.73 Å². The van der Waals surface area contributed by atoms with E-state index in [0.29, 0.717) is 40.9 Å². The summed E-state index contributed by atoms with van der Waals surface area (Å²) in [6.07, 6.45) is 1.00. The Hall–Kier alpha value is -3.19. The summed E-state index contributed by atoms with van der Waals surface area (Å²) in [5.74, 6) is -0.471. The number of nitriles is 1. The van der Waals surface area contributed by atoms with E-state index in [1.807, 2.05) is 0 Å². The van der Waals surface area contributed by atoms with Crippen molar-refractivity contribution < 1.29 is 9.18 Å². The Morgan fingerprint density at radius 1 is 1.43 bits per heavy atom. The topological polar surface area (TPSA) is 125 Å². The van der Waals surface area contributed by atoms with Crippen LogP contribution in [0.25, 0.3) is 5.69 Å². The van der Waals surface area contributed by atoms with Gasteiger partial charge in [0.2, 0.25) is 0 Å². The van der Waals surface area contributed by atoms with Crippen molar-refractivity contribution in [3.05, 3.63) is 57.2 Å². The molecule has 0 radical (unpaired) electrons. The van der Waals surface area contributed by atoms with Gasteiger partial charge in [0.25, 0.3) is 5.91 Å². The molecular weight excluding hydrogens is 429 g/mol. The molecule has 3 aromatic rings. The number of aromatic amines is 1. The molecule has 4 N–H and O–H groups in total. The largest absolute Gasteiger partial charge is 0.382 e. The summed E-state index contributed by atoms with van der Waals surface area (Å²) >= 11 is 3.31. The molecule has 0 saturated carbocycles. The number of carbonyl (C=O) groups excluding carboxylic acids is 1. The molecule has 2 aromatic heterocycles. The van der Waals surface area contributed by atoms with Crippen molar-refractivity contribution in [2.75, 3.05) is 12.3 Å². The molecule has 0 aliphatic heterocycles. The molecule has 0 saturated heterocycles. The zero-order chi connectivity index (χ0) is 20.3. The number of aromatic nitrogens is 4. The van der Waals surface area contributed by atoms with Gasteiger partial charge in [-0.05, 0) is 60.0 Å². The Balaban J connectivity index is 1.65. The first kappa shape index (κ1) is 19.6. The lowest BCUT2D eigenvalue weighted by molar-refractivity contribution is 0.0947. The first-order chi connectivity index (χ1) is 13.4. The maximum absolute atomic E-state index is 13.1. The Morgan fingerprint density at radius 3 is 2.75 bits per heavy atom. The summed E-state index contributed by atoms with van der Waals surface area (Å²) in [4.78, 5) is 12.1. The maximum atomic E-state index is 13.1. The Labute approximate surface area is 168 Å². The molecule has 0 atom stereocenters. The Bertz CT molecular complexity index is 1050. The number of halogens is 2. The molecule has 1 aromatic carbocycles. The molecule has 0 fully saturated rings. The van der Waals surface area contributed by atoms with E-state index in [2.05, 4.69) is 42.6 Å². The van der Waals surface area contributed by atoms with E-state index in [9.17, 15) is 14.4 Å². The van der Waals surface area contributed by atoms with E-state index in [0.717, 1.165) is 5.69 Å². The number of anilines is 1. The number of H-pyrrole nitrogens is 1. The van der Waals surface area contributed by atoms with Crippen LogP contribution in [0.1, 0.15) is 33.9 Å². The highest BCUT2D eigenvalue weighted by molar-refractivity contribution is 9.10. The third-order valence-electron chi connectivity index (χ3n) is 4.14. The zero-order valence-electron chi connectivity index (χ0n) is 15.0. The number of benzene rings is 1. The number of nitrogen functional groups attached to an aromatic ring is 1. The third-order valence-corrected chi connectivity index (χ3v) is 5.11. The first-order valence-electron chi connectivity index (χ1n) is 8.44. The number of hydrogen-bond donors (Lipinski definition) is 3. The summed E-state index contributed by atoms with van der Waals surface area (Å²) in [6.45, 7) is 2.19. The summed E-state index contributed by atoms with van der Waals surface area (Å²) in [5, 5.41) is 23.2. The molecule has 8 nitrogen and oxygen atoms in total. The molecule has 1 amide bonds. The van der Waals surface area contributed by atoms with Gasteiger partial charge in [-0.3, -0.25) is 9.89 Å². The van der Waals surface area contributed by atoms with Crippen LogP contribution in [-0.2, 0) is 6.42 Å². The van der Waals surface area contributed by atoms with Crippen molar-refractivity contribution in [3.8, 4) is 11.8 Å². The van der Waals surface area contributed by atoms with Gasteiger partial charge in [-0.15, -0.1) is 0 Å². The highest BCUT2D eigenvalue weighted by atomic mass is 79.9. The summed E-state index contributed by atoms with van der Waals surface area (Å²) in [5.41, 5.74) is 8.46. The number of hydrogen-bond acceptors (Lipinski definition) is 5. The lowest BCUT2D eigenvalue weighted by Crippen LogP contribution is -2.25. The van der Waals surface area contributed by atoms with Crippen LogP contribution >= 0.6 is 15.9 Å². The fourth-order valence-corrected chi connectivity index (χ4v) is 3.02. The average molecular weight is 446 g/mol. The van der Waals surface area contributed by atoms with Crippen LogP contribution in [0.4, 0.5) is 10.2 Å². The van der Waals surface area contributed by atoms with E-state index in [-0.39, 0.29) is 23.1 Å². The van der Waals surface area contributed by atoms with E-state index >= 15 is 0 Å². The van der Waals surface area contributed by atoms with E-state index in [1.54, 1.807) is 6.92 Å². The van der Waals surface area contributed by atoms with Gasteiger partial charge in [0, 0.05) is 12.2 Å². The molecule has 0 bridgehead atoms. The molecule has 28 heavy (non-hydrogen) atoms. The number of nitrogens with zero attached hydrogens (tertiary/aromatic N) is 4. The summed E-state index contributed by atoms with van der Waals surface area (Å²) < 4.78 is 15.2.